The Labute approximate surface area is 105 Å². The van der Waals surface area contributed by atoms with E-state index in [9.17, 15) is 4.79 Å². The van der Waals surface area contributed by atoms with Crippen molar-refractivity contribution in [1.82, 2.24) is 5.32 Å². The summed E-state index contributed by atoms with van der Waals surface area (Å²) < 4.78 is 0. The van der Waals surface area contributed by atoms with Gasteiger partial charge in [-0.15, -0.1) is 12.4 Å². The lowest BCUT2D eigenvalue weighted by atomic mass is 9.73. The second kappa shape index (κ2) is 6.45. The van der Waals surface area contributed by atoms with E-state index in [2.05, 4.69) is 19.2 Å². The largest absolute Gasteiger partial charge is 0.351 e. The molecule has 0 heterocycles. The fraction of sp³-hybridized carbons (Fsp3) is 0.917. The van der Waals surface area contributed by atoms with E-state index in [-0.39, 0.29) is 29.8 Å². The van der Waals surface area contributed by atoms with Gasteiger partial charge < -0.3 is 11.1 Å². The zero-order valence-corrected chi connectivity index (χ0v) is 11.4. The smallest absolute Gasteiger partial charge is 0.237 e. The molecule has 0 spiro atoms. The summed E-state index contributed by atoms with van der Waals surface area (Å²) in [7, 11) is 0. The standard InChI is InChI=1S/C12H24N2O.ClH/c1-4-9(13)11(15)14-10-7-5-6-8-12(10,2)3;/h9-10H,4-8,13H2,1-3H3,(H,14,15);1H/t9-,10?;/m0./s1. The quantitative estimate of drug-likeness (QED) is 0.805. The van der Waals surface area contributed by atoms with Crippen LogP contribution in [0.15, 0.2) is 0 Å². The van der Waals surface area contributed by atoms with Gasteiger partial charge >= 0.3 is 0 Å². The minimum Gasteiger partial charge on any atom is -0.351 e. The summed E-state index contributed by atoms with van der Waals surface area (Å²) >= 11 is 0. The van der Waals surface area contributed by atoms with Gasteiger partial charge in [-0.1, -0.05) is 33.6 Å². The van der Waals surface area contributed by atoms with Crippen molar-refractivity contribution in [2.24, 2.45) is 11.1 Å². The molecule has 0 radical (unpaired) electrons. The normalized spacial score (nSPS) is 25.4. The molecule has 2 atom stereocenters. The van der Waals surface area contributed by atoms with Crippen LogP contribution in [0.4, 0.5) is 0 Å². The maximum atomic E-state index is 11.7. The van der Waals surface area contributed by atoms with Crippen molar-refractivity contribution in [1.29, 1.82) is 0 Å². The second-order valence-electron chi connectivity index (χ2n) is 5.31. The maximum Gasteiger partial charge on any atom is 0.237 e. The third-order valence-electron chi connectivity index (χ3n) is 3.60. The molecule has 1 saturated carbocycles. The number of carbonyl (C=O) groups excluding carboxylic acids is 1. The highest BCUT2D eigenvalue weighted by Crippen LogP contribution is 2.35. The molecule has 0 aromatic carbocycles. The van der Waals surface area contributed by atoms with Crippen LogP contribution in [0.5, 0.6) is 0 Å². The second-order valence-corrected chi connectivity index (χ2v) is 5.31. The molecule has 16 heavy (non-hydrogen) atoms. The van der Waals surface area contributed by atoms with Gasteiger partial charge in [-0.25, -0.2) is 0 Å². The van der Waals surface area contributed by atoms with E-state index < -0.39 is 0 Å². The molecule has 1 amide bonds. The Morgan fingerprint density at radius 3 is 2.62 bits per heavy atom. The van der Waals surface area contributed by atoms with Crippen LogP contribution < -0.4 is 11.1 Å². The summed E-state index contributed by atoms with van der Waals surface area (Å²) in [5.41, 5.74) is 5.93. The fourth-order valence-electron chi connectivity index (χ4n) is 2.23. The van der Waals surface area contributed by atoms with Crippen molar-refractivity contribution >= 4 is 18.3 Å². The number of carbonyl (C=O) groups is 1. The predicted octanol–water partition coefficient (Wildman–Crippen LogP) is 2.23. The molecule has 1 rings (SSSR count). The van der Waals surface area contributed by atoms with Gasteiger partial charge in [0.2, 0.25) is 5.91 Å². The molecule has 0 aromatic heterocycles. The highest BCUT2D eigenvalue weighted by molar-refractivity contribution is 5.85. The lowest BCUT2D eigenvalue weighted by Crippen LogP contribution is -2.51. The number of nitrogens with two attached hydrogens (primary N) is 1. The van der Waals surface area contributed by atoms with Crippen molar-refractivity contribution in [3.8, 4) is 0 Å². The van der Waals surface area contributed by atoms with Gasteiger partial charge in [-0.2, -0.15) is 0 Å². The molecule has 4 heteroatoms. The Bertz CT molecular complexity index is 231. The van der Waals surface area contributed by atoms with Gasteiger partial charge in [0.25, 0.3) is 0 Å². The van der Waals surface area contributed by atoms with Crippen LogP contribution in [0, 0.1) is 5.41 Å². The number of amides is 1. The molecule has 0 bridgehead atoms. The van der Waals surface area contributed by atoms with E-state index in [1.165, 1.54) is 19.3 Å². The zero-order valence-electron chi connectivity index (χ0n) is 10.6. The van der Waals surface area contributed by atoms with Gasteiger partial charge in [0, 0.05) is 6.04 Å². The van der Waals surface area contributed by atoms with Gasteiger partial charge in [0.15, 0.2) is 0 Å². The number of rotatable bonds is 3. The van der Waals surface area contributed by atoms with Gasteiger partial charge in [-0.05, 0) is 24.7 Å². The van der Waals surface area contributed by atoms with Crippen LogP contribution in [-0.4, -0.2) is 18.0 Å². The first-order valence-electron chi connectivity index (χ1n) is 6.03. The Morgan fingerprint density at radius 1 is 1.50 bits per heavy atom. The zero-order chi connectivity index (χ0) is 11.5. The number of halogens is 1. The highest BCUT2D eigenvalue weighted by Gasteiger charge is 2.33. The Hall–Kier alpha value is -0.280. The average molecular weight is 249 g/mol. The number of hydrogen-bond acceptors (Lipinski definition) is 2. The number of hydrogen-bond donors (Lipinski definition) is 2. The SMILES string of the molecule is CC[C@H](N)C(=O)NC1CCCCC1(C)C.Cl. The van der Waals surface area contributed by atoms with Crippen molar-refractivity contribution in [2.75, 3.05) is 0 Å². The molecule has 1 aliphatic carbocycles. The average Bonchev–Trinajstić information content (AvgIpc) is 2.19. The molecule has 1 unspecified atom stereocenters. The van der Waals surface area contributed by atoms with E-state index in [4.69, 9.17) is 5.73 Å². The van der Waals surface area contributed by atoms with Crippen LogP contribution in [0.3, 0.4) is 0 Å². The van der Waals surface area contributed by atoms with Crippen molar-refractivity contribution in [3.05, 3.63) is 0 Å². The molecule has 3 N–H and O–H groups in total. The summed E-state index contributed by atoms with van der Waals surface area (Å²) in [6.07, 6.45) is 5.49. The van der Waals surface area contributed by atoms with E-state index in [0.29, 0.717) is 12.5 Å². The summed E-state index contributed by atoms with van der Waals surface area (Å²) in [4.78, 5) is 11.7. The van der Waals surface area contributed by atoms with E-state index in [0.717, 1.165) is 6.42 Å². The Kier molecular flexibility index (Phi) is 6.34. The third kappa shape index (κ3) is 3.95. The molecule has 3 nitrogen and oxygen atoms in total. The van der Waals surface area contributed by atoms with Crippen molar-refractivity contribution in [3.63, 3.8) is 0 Å². The first kappa shape index (κ1) is 15.7. The van der Waals surface area contributed by atoms with Gasteiger partial charge in [0.05, 0.1) is 6.04 Å². The lowest BCUT2D eigenvalue weighted by Gasteiger charge is -2.39. The molecule has 0 aliphatic heterocycles. The molecule has 0 saturated heterocycles. The van der Waals surface area contributed by atoms with Crippen LogP contribution in [0.1, 0.15) is 52.9 Å². The maximum absolute atomic E-state index is 11.7. The summed E-state index contributed by atoms with van der Waals surface area (Å²) in [6.45, 7) is 6.40. The summed E-state index contributed by atoms with van der Waals surface area (Å²) in [5.74, 6) is 0.0116. The molecule has 1 fully saturated rings. The summed E-state index contributed by atoms with van der Waals surface area (Å²) in [6, 6.07) is -0.0425. The van der Waals surface area contributed by atoms with Crippen LogP contribution in [0.25, 0.3) is 0 Å². The summed E-state index contributed by atoms with van der Waals surface area (Å²) in [5, 5.41) is 3.10. The topological polar surface area (TPSA) is 55.1 Å². The van der Waals surface area contributed by atoms with Gasteiger partial charge in [0.1, 0.15) is 0 Å². The third-order valence-corrected chi connectivity index (χ3v) is 3.60. The Balaban J connectivity index is 0.00000225. The minimum absolute atomic E-state index is 0. The van der Waals surface area contributed by atoms with Crippen molar-refractivity contribution < 1.29 is 4.79 Å². The lowest BCUT2D eigenvalue weighted by molar-refractivity contribution is -0.124. The van der Waals surface area contributed by atoms with Crippen molar-refractivity contribution in [2.45, 2.75) is 65.0 Å². The van der Waals surface area contributed by atoms with Crippen LogP contribution in [-0.2, 0) is 4.79 Å². The fourth-order valence-corrected chi connectivity index (χ4v) is 2.23. The predicted molar refractivity (Wildman–Crippen MR) is 69.7 cm³/mol. The molecular formula is C12H25ClN2O. The molecular weight excluding hydrogens is 224 g/mol. The van der Waals surface area contributed by atoms with Crippen LogP contribution in [0.2, 0.25) is 0 Å². The van der Waals surface area contributed by atoms with E-state index >= 15 is 0 Å². The molecule has 1 aliphatic rings. The van der Waals surface area contributed by atoms with E-state index in [1.54, 1.807) is 0 Å². The molecule has 0 aromatic rings. The molecule has 96 valence electrons. The monoisotopic (exact) mass is 248 g/mol. The number of nitrogens with one attached hydrogen (secondary N) is 1. The first-order chi connectivity index (χ1) is 6.97. The Morgan fingerprint density at radius 2 is 2.12 bits per heavy atom. The van der Waals surface area contributed by atoms with E-state index in [1.807, 2.05) is 6.92 Å². The minimum atomic E-state index is -0.345. The first-order valence-corrected chi connectivity index (χ1v) is 6.03. The highest BCUT2D eigenvalue weighted by atomic mass is 35.5. The van der Waals surface area contributed by atoms with Gasteiger partial charge in [-0.3, -0.25) is 4.79 Å². The van der Waals surface area contributed by atoms with Crippen LogP contribution >= 0.6 is 12.4 Å².